The molecule has 1 aromatic carbocycles. The van der Waals surface area contributed by atoms with Gasteiger partial charge in [-0.2, -0.15) is 18.4 Å². The summed E-state index contributed by atoms with van der Waals surface area (Å²) < 4.78 is 46.6. The summed E-state index contributed by atoms with van der Waals surface area (Å²) in [4.78, 5) is 14.2. The first-order valence-corrected chi connectivity index (χ1v) is 15.2. The van der Waals surface area contributed by atoms with Gasteiger partial charge in [0.15, 0.2) is 0 Å². The van der Waals surface area contributed by atoms with Gasteiger partial charge in [0.1, 0.15) is 34.5 Å². The van der Waals surface area contributed by atoms with Crippen LogP contribution in [0.15, 0.2) is 30.6 Å². The number of likely N-dealkylation sites (tertiary alicyclic amines) is 2. The third kappa shape index (κ3) is 6.33. The van der Waals surface area contributed by atoms with Crippen LogP contribution in [-0.2, 0) is 19.5 Å². The van der Waals surface area contributed by atoms with E-state index in [-0.39, 0.29) is 10.9 Å². The third-order valence-electron chi connectivity index (χ3n) is 8.33. The summed E-state index contributed by atoms with van der Waals surface area (Å²) in [5.41, 5.74) is 2.79. The molecule has 1 N–H and O–H groups in total. The molecule has 8 nitrogen and oxygen atoms in total. The number of halogens is 3. The second-order valence-electron chi connectivity index (χ2n) is 11.2. The molecule has 2 saturated heterocycles. The standard InChI is InChI=1S/C30H34F3N7OS/c1-41-27-15-26-20(13-23(17-34)40(26)11-10-38-6-2-3-7-38)12-21(27)18-39-8-4-22(5-9-39)37-28-25-14-24(16-30(31,32)33)42-29(25)36-19-35-28/h12-15,19,22H,2-11,16,18H2,1H3,(H,35,36,37). The first-order chi connectivity index (χ1) is 20.3. The van der Waals surface area contributed by atoms with E-state index >= 15 is 0 Å². The molecule has 0 radical (unpaired) electrons. The Morgan fingerprint density at radius 3 is 2.55 bits per heavy atom. The average Bonchev–Trinajstić information content (AvgIpc) is 3.70. The van der Waals surface area contributed by atoms with Gasteiger partial charge in [0.05, 0.1) is 24.4 Å². The second kappa shape index (κ2) is 12.1. The van der Waals surface area contributed by atoms with Crippen LogP contribution in [0, 0.1) is 11.3 Å². The van der Waals surface area contributed by atoms with Crippen LogP contribution in [0.5, 0.6) is 5.75 Å². The van der Waals surface area contributed by atoms with Gasteiger partial charge in [-0.05, 0) is 57.0 Å². The molecular weight excluding hydrogens is 563 g/mol. The molecule has 222 valence electrons. The van der Waals surface area contributed by atoms with Crippen molar-refractivity contribution in [1.82, 2.24) is 24.3 Å². The van der Waals surface area contributed by atoms with Gasteiger partial charge in [-0.1, -0.05) is 0 Å². The van der Waals surface area contributed by atoms with Crippen molar-refractivity contribution in [1.29, 1.82) is 5.26 Å². The van der Waals surface area contributed by atoms with Crippen molar-refractivity contribution < 1.29 is 17.9 Å². The molecule has 0 amide bonds. The highest BCUT2D eigenvalue weighted by Gasteiger charge is 2.29. The lowest BCUT2D eigenvalue weighted by Crippen LogP contribution is -2.38. The van der Waals surface area contributed by atoms with E-state index in [9.17, 15) is 18.4 Å². The molecule has 3 aromatic heterocycles. The number of aromatic nitrogens is 3. The van der Waals surface area contributed by atoms with E-state index in [1.54, 1.807) is 13.2 Å². The number of alkyl halides is 3. The van der Waals surface area contributed by atoms with Crippen LogP contribution >= 0.6 is 11.3 Å². The molecule has 0 atom stereocenters. The number of piperidine rings is 1. The van der Waals surface area contributed by atoms with Gasteiger partial charge in [0.2, 0.25) is 0 Å². The highest BCUT2D eigenvalue weighted by Crippen LogP contribution is 2.34. The average molecular weight is 598 g/mol. The fourth-order valence-electron chi connectivity index (χ4n) is 6.21. The number of thiophene rings is 1. The topological polar surface area (TPSA) is 82.2 Å². The van der Waals surface area contributed by atoms with Gasteiger partial charge < -0.3 is 19.5 Å². The summed E-state index contributed by atoms with van der Waals surface area (Å²) in [6.07, 6.45) is 0.440. The number of nitrogens with zero attached hydrogens (tertiary/aromatic N) is 6. The van der Waals surface area contributed by atoms with E-state index in [1.807, 2.05) is 6.07 Å². The first-order valence-electron chi connectivity index (χ1n) is 14.4. The summed E-state index contributed by atoms with van der Waals surface area (Å²) in [5.74, 6) is 1.42. The predicted octanol–water partition coefficient (Wildman–Crippen LogP) is 5.80. The Morgan fingerprint density at radius 2 is 1.83 bits per heavy atom. The van der Waals surface area contributed by atoms with Gasteiger partial charge in [-0.25, -0.2) is 9.97 Å². The maximum absolute atomic E-state index is 12.9. The number of nitriles is 1. The van der Waals surface area contributed by atoms with Crippen molar-refractivity contribution in [3.8, 4) is 11.8 Å². The van der Waals surface area contributed by atoms with Crippen LogP contribution in [-0.4, -0.2) is 76.4 Å². The lowest BCUT2D eigenvalue weighted by molar-refractivity contribution is -0.126. The Morgan fingerprint density at radius 1 is 1.05 bits per heavy atom. The largest absolute Gasteiger partial charge is 0.496 e. The number of nitrogens with one attached hydrogen (secondary N) is 1. The maximum Gasteiger partial charge on any atom is 0.393 e. The second-order valence-corrected chi connectivity index (χ2v) is 12.3. The van der Waals surface area contributed by atoms with E-state index in [1.165, 1.54) is 19.2 Å². The minimum atomic E-state index is -4.25. The Labute approximate surface area is 246 Å². The molecule has 2 aliphatic heterocycles. The van der Waals surface area contributed by atoms with Crippen molar-refractivity contribution in [2.45, 2.75) is 57.4 Å². The Balaban J connectivity index is 1.11. The zero-order valence-corrected chi connectivity index (χ0v) is 24.4. The fourth-order valence-corrected chi connectivity index (χ4v) is 7.23. The minimum Gasteiger partial charge on any atom is -0.496 e. The number of rotatable bonds is 9. The number of anilines is 1. The van der Waals surface area contributed by atoms with Crippen molar-refractivity contribution >= 4 is 38.3 Å². The fraction of sp³-hybridized carbons (Fsp3) is 0.500. The molecule has 0 aliphatic carbocycles. The number of hydrogen-bond acceptors (Lipinski definition) is 8. The molecule has 0 unspecified atom stereocenters. The zero-order valence-electron chi connectivity index (χ0n) is 23.6. The SMILES string of the molecule is COc1cc2c(cc1CN1CCC(Nc3ncnc4sc(CC(F)(F)F)cc34)CC1)cc(C#N)n2CCN1CCCC1. The van der Waals surface area contributed by atoms with Gasteiger partial charge in [-0.15, -0.1) is 11.3 Å². The number of ether oxygens (including phenoxy) is 1. The quantitative estimate of drug-likeness (QED) is 0.261. The van der Waals surface area contributed by atoms with Crippen molar-refractivity contribution in [2.24, 2.45) is 0 Å². The van der Waals surface area contributed by atoms with E-state index in [4.69, 9.17) is 4.74 Å². The maximum atomic E-state index is 12.9. The lowest BCUT2D eigenvalue weighted by atomic mass is 10.0. The summed E-state index contributed by atoms with van der Waals surface area (Å²) in [6.45, 7) is 6.42. The van der Waals surface area contributed by atoms with Gasteiger partial charge in [-0.3, -0.25) is 4.90 Å². The predicted molar refractivity (Wildman–Crippen MR) is 158 cm³/mol. The molecule has 6 rings (SSSR count). The van der Waals surface area contributed by atoms with E-state index in [0.29, 0.717) is 21.7 Å². The zero-order chi connectivity index (χ0) is 29.3. The van der Waals surface area contributed by atoms with E-state index < -0.39 is 12.6 Å². The summed E-state index contributed by atoms with van der Waals surface area (Å²) in [6, 6.07) is 10.3. The van der Waals surface area contributed by atoms with Crippen molar-refractivity contribution in [3.63, 3.8) is 0 Å². The van der Waals surface area contributed by atoms with Crippen LogP contribution in [0.2, 0.25) is 0 Å². The minimum absolute atomic E-state index is 0.164. The molecule has 2 fully saturated rings. The molecule has 0 saturated carbocycles. The Kier molecular flexibility index (Phi) is 8.25. The third-order valence-corrected chi connectivity index (χ3v) is 9.38. The molecular formula is C30H34F3N7OS. The number of fused-ring (bicyclic) bond motifs is 2. The number of hydrogen-bond donors (Lipinski definition) is 1. The van der Waals surface area contributed by atoms with Gasteiger partial charge in [0, 0.05) is 60.7 Å². The van der Waals surface area contributed by atoms with Crippen LogP contribution in [0.4, 0.5) is 19.0 Å². The highest BCUT2D eigenvalue weighted by molar-refractivity contribution is 7.18. The molecule has 0 bridgehead atoms. The van der Waals surface area contributed by atoms with Crippen molar-refractivity contribution in [2.75, 3.05) is 45.2 Å². The van der Waals surface area contributed by atoms with E-state index in [2.05, 4.69) is 47.9 Å². The summed E-state index contributed by atoms with van der Waals surface area (Å²) >= 11 is 1.07. The molecule has 42 heavy (non-hydrogen) atoms. The molecule has 4 aromatic rings. The van der Waals surface area contributed by atoms with Crippen molar-refractivity contribution in [3.05, 3.63) is 46.7 Å². The summed E-state index contributed by atoms with van der Waals surface area (Å²) in [7, 11) is 1.69. The highest BCUT2D eigenvalue weighted by atomic mass is 32.1. The van der Waals surface area contributed by atoms with Gasteiger partial charge >= 0.3 is 6.18 Å². The molecule has 5 heterocycles. The molecule has 0 spiro atoms. The Hall–Kier alpha value is -3.40. The Bertz CT molecular complexity index is 1590. The molecule has 2 aliphatic rings. The number of benzene rings is 1. The molecule has 12 heteroatoms. The number of methoxy groups -OCH3 is 1. The normalized spacial score (nSPS) is 17.3. The van der Waals surface area contributed by atoms with Gasteiger partial charge in [0.25, 0.3) is 0 Å². The smallest absolute Gasteiger partial charge is 0.393 e. The first kappa shape index (κ1) is 28.7. The lowest BCUT2D eigenvalue weighted by Gasteiger charge is -2.33. The van der Waals surface area contributed by atoms with Crippen LogP contribution in [0.1, 0.15) is 41.8 Å². The summed E-state index contributed by atoms with van der Waals surface area (Å²) in [5, 5.41) is 15.0. The monoisotopic (exact) mass is 597 g/mol. The van der Waals surface area contributed by atoms with Crippen LogP contribution < -0.4 is 10.1 Å². The van der Waals surface area contributed by atoms with Crippen LogP contribution in [0.3, 0.4) is 0 Å². The van der Waals surface area contributed by atoms with E-state index in [0.717, 1.165) is 92.2 Å². The van der Waals surface area contributed by atoms with Crippen LogP contribution in [0.25, 0.3) is 21.1 Å².